The summed E-state index contributed by atoms with van der Waals surface area (Å²) in [5, 5.41) is 0. The molecule has 0 N–H and O–H groups in total. The molecule has 0 aliphatic heterocycles. The molecule has 4 unspecified atom stereocenters. The van der Waals surface area contributed by atoms with Crippen LogP contribution < -0.4 is 0 Å². The van der Waals surface area contributed by atoms with Gasteiger partial charge in [-0.2, -0.15) is 0 Å². The molecule has 0 aromatic heterocycles. The van der Waals surface area contributed by atoms with E-state index >= 15 is 0 Å². The van der Waals surface area contributed by atoms with Gasteiger partial charge in [-0.05, 0) is 60.3 Å². The first-order chi connectivity index (χ1) is 11.4. The predicted molar refractivity (Wildman–Crippen MR) is 107 cm³/mol. The molecule has 1 saturated carbocycles. The van der Waals surface area contributed by atoms with Crippen LogP contribution in [0, 0.1) is 22.7 Å². The van der Waals surface area contributed by atoms with Crippen LogP contribution in [0.15, 0.2) is 30.3 Å². The van der Waals surface area contributed by atoms with Crippen molar-refractivity contribution in [3.8, 4) is 0 Å². The smallest absolute Gasteiger partial charge is 0.0224 e. The van der Waals surface area contributed by atoms with Gasteiger partial charge < -0.3 is 0 Å². The Kier molecular flexibility index (Phi) is 6.96. The van der Waals surface area contributed by atoms with Crippen LogP contribution in [0.4, 0.5) is 0 Å². The van der Waals surface area contributed by atoms with Crippen molar-refractivity contribution in [2.24, 2.45) is 22.7 Å². The minimum atomic E-state index is 0.469. The van der Waals surface area contributed by atoms with Gasteiger partial charge in [-0.25, -0.2) is 0 Å². The second kappa shape index (κ2) is 8.54. The number of hydrogen-bond donors (Lipinski definition) is 0. The van der Waals surface area contributed by atoms with E-state index in [1.54, 1.807) is 0 Å². The molecule has 1 aromatic carbocycles. The molecule has 0 radical (unpaired) electrons. The van der Waals surface area contributed by atoms with E-state index < -0.39 is 0 Å². The van der Waals surface area contributed by atoms with Crippen LogP contribution in [0.1, 0.15) is 91.5 Å². The highest BCUT2D eigenvalue weighted by Gasteiger charge is 2.42. The van der Waals surface area contributed by atoms with Crippen molar-refractivity contribution in [2.45, 2.75) is 92.4 Å². The van der Waals surface area contributed by atoms with Gasteiger partial charge in [-0.1, -0.05) is 90.6 Å². The molecule has 136 valence electrons. The van der Waals surface area contributed by atoms with Crippen molar-refractivity contribution in [3.63, 3.8) is 0 Å². The van der Waals surface area contributed by atoms with Crippen molar-refractivity contribution in [3.05, 3.63) is 35.9 Å². The summed E-state index contributed by atoms with van der Waals surface area (Å²) in [6.45, 7) is 12.4. The number of benzene rings is 1. The van der Waals surface area contributed by atoms with E-state index in [1.165, 1.54) is 63.4 Å². The normalized spacial score (nSPS) is 31.8. The van der Waals surface area contributed by atoms with Gasteiger partial charge in [0.1, 0.15) is 0 Å². The summed E-state index contributed by atoms with van der Waals surface area (Å²) in [5.41, 5.74) is 2.53. The van der Waals surface area contributed by atoms with E-state index in [9.17, 15) is 0 Å². The molecule has 1 aromatic rings. The lowest BCUT2D eigenvalue weighted by molar-refractivity contribution is 0.0282. The average molecular weight is 329 g/mol. The Bertz CT molecular complexity index is 476. The third-order valence-corrected chi connectivity index (χ3v) is 6.33. The fraction of sp³-hybridized carbons (Fsp3) is 0.750. The molecule has 0 spiro atoms. The standard InChI is InChI=1S/C24H40/c1-6-8-12-21(7-2)17-23(4)15-20(3)16-24(5,19-23)18-22-13-10-9-11-14-22/h9-11,13-14,20-21H,6-8,12,15-19H2,1-5H3. The minimum absolute atomic E-state index is 0.469. The minimum Gasteiger partial charge on any atom is -0.0654 e. The number of unbranched alkanes of at least 4 members (excludes halogenated alkanes) is 1. The van der Waals surface area contributed by atoms with Crippen LogP contribution in [0.5, 0.6) is 0 Å². The average Bonchev–Trinajstić information content (AvgIpc) is 2.50. The fourth-order valence-electron chi connectivity index (χ4n) is 5.95. The molecule has 1 aliphatic rings. The largest absolute Gasteiger partial charge is 0.0654 e. The highest BCUT2D eigenvalue weighted by atomic mass is 14.5. The van der Waals surface area contributed by atoms with Gasteiger partial charge >= 0.3 is 0 Å². The second-order valence-electron chi connectivity index (χ2n) is 9.59. The van der Waals surface area contributed by atoms with Crippen LogP contribution in [-0.4, -0.2) is 0 Å². The topological polar surface area (TPSA) is 0 Å². The van der Waals surface area contributed by atoms with E-state index in [-0.39, 0.29) is 0 Å². The fourth-order valence-corrected chi connectivity index (χ4v) is 5.95. The van der Waals surface area contributed by atoms with Crippen molar-refractivity contribution in [1.82, 2.24) is 0 Å². The third-order valence-electron chi connectivity index (χ3n) is 6.33. The summed E-state index contributed by atoms with van der Waals surface area (Å²) in [4.78, 5) is 0. The molecular weight excluding hydrogens is 288 g/mol. The molecule has 0 saturated heterocycles. The van der Waals surface area contributed by atoms with Crippen molar-refractivity contribution >= 4 is 0 Å². The zero-order chi connectivity index (χ0) is 17.6. The quantitative estimate of drug-likeness (QED) is 0.459. The van der Waals surface area contributed by atoms with E-state index in [2.05, 4.69) is 65.0 Å². The Hall–Kier alpha value is -0.780. The molecule has 4 atom stereocenters. The summed E-state index contributed by atoms with van der Waals surface area (Å²) in [6, 6.07) is 11.2. The maximum atomic E-state index is 2.60. The molecule has 2 rings (SSSR count). The molecule has 0 heterocycles. The maximum absolute atomic E-state index is 2.60. The highest BCUT2D eigenvalue weighted by Crippen LogP contribution is 2.53. The Labute approximate surface area is 151 Å². The molecule has 24 heavy (non-hydrogen) atoms. The first-order valence-corrected chi connectivity index (χ1v) is 10.4. The lowest BCUT2D eigenvalue weighted by atomic mass is 9.56. The zero-order valence-electron chi connectivity index (χ0n) is 16.9. The Balaban J connectivity index is 2.07. The summed E-state index contributed by atoms with van der Waals surface area (Å²) < 4.78 is 0. The van der Waals surface area contributed by atoms with Crippen LogP contribution in [0.25, 0.3) is 0 Å². The molecule has 1 aliphatic carbocycles. The van der Waals surface area contributed by atoms with Gasteiger partial charge in [0.15, 0.2) is 0 Å². The Morgan fingerprint density at radius 2 is 1.71 bits per heavy atom. The van der Waals surface area contributed by atoms with Gasteiger partial charge in [0.2, 0.25) is 0 Å². The zero-order valence-corrected chi connectivity index (χ0v) is 16.9. The molecule has 0 amide bonds. The first-order valence-electron chi connectivity index (χ1n) is 10.4. The lowest BCUT2D eigenvalue weighted by Gasteiger charge is -2.49. The molecule has 0 heteroatoms. The van der Waals surface area contributed by atoms with Gasteiger partial charge in [-0.3, -0.25) is 0 Å². The van der Waals surface area contributed by atoms with Gasteiger partial charge in [0.25, 0.3) is 0 Å². The molecule has 0 bridgehead atoms. The molecule has 1 fully saturated rings. The maximum Gasteiger partial charge on any atom is -0.0224 e. The predicted octanol–water partition coefficient (Wildman–Crippen LogP) is 7.67. The van der Waals surface area contributed by atoms with E-state index in [0.29, 0.717) is 10.8 Å². The first kappa shape index (κ1) is 19.5. The Morgan fingerprint density at radius 1 is 1.04 bits per heavy atom. The SMILES string of the molecule is CCCCC(CC)CC1(C)CC(C)CC(C)(Cc2ccccc2)C1. The van der Waals surface area contributed by atoms with Crippen molar-refractivity contribution in [2.75, 3.05) is 0 Å². The Morgan fingerprint density at radius 3 is 2.33 bits per heavy atom. The summed E-state index contributed by atoms with van der Waals surface area (Å²) in [5.74, 6) is 1.79. The summed E-state index contributed by atoms with van der Waals surface area (Å²) >= 11 is 0. The summed E-state index contributed by atoms with van der Waals surface area (Å²) in [6.07, 6.45) is 12.5. The van der Waals surface area contributed by atoms with Gasteiger partial charge in [0, 0.05) is 0 Å². The summed E-state index contributed by atoms with van der Waals surface area (Å²) in [7, 11) is 0. The third kappa shape index (κ3) is 5.64. The van der Waals surface area contributed by atoms with E-state index in [0.717, 1.165) is 11.8 Å². The van der Waals surface area contributed by atoms with E-state index in [4.69, 9.17) is 0 Å². The molecule has 0 nitrogen and oxygen atoms in total. The van der Waals surface area contributed by atoms with Crippen molar-refractivity contribution in [1.29, 1.82) is 0 Å². The van der Waals surface area contributed by atoms with Crippen LogP contribution in [-0.2, 0) is 6.42 Å². The highest BCUT2D eigenvalue weighted by molar-refractivity contribution is 5.17. The molecular formula is C24H40. The number of rotatable bonds is 8. The van der Waals surface area contributed by atoms with Crippen LogP contribution >= 0.6 is 0 Å². The monoisotopic (exact) mass is 328 g/mol. The second-order valence-corrected chi connectivity index (χ2v) is 9.59. The van der Waals surface area contributed by atoms with Gasteiger partial charge in [0.05, 0.1) is 0 Å². The van der Waals surface area contributed by atoms with Gasteiger partial charge in [-0.15, -0.1) is 0 Å². The van der Waals surface area contributed by atoms with Crippen LogP contribution in [0.3, 0.4) is 0 Å². The van der Waals surface area contributed by atoms with E-state index in [1.807, 2.05) is 0 Å². The lowest BCUT2D eigenvalue weighted by Crippen LogP contribution is -2.39. The number of hydrogen-bond acceptors (Lipinski definition) is 0. The van der Waals surface area contributed by atoms with Crippen LogP contribution in [0.2, 0.25) is 0 Å². The van der Waals surface area contributed by atoms with Crippen molar-refractivity contribution < 1.29 is 0 Å².